The SMILES string of the molecule is Nc1ccc(N2CCCN(Cc3ccccc3)CC2)nc1. The lowest BCUT2D eigenvalue weighted by Gasteiger charge is -2.22. The summed E-state index contributed by atoms with van der Waals surface area (Å²) in [5, 5.41) is 0. The molecule has 4 heteroatoms. The summed E-state index contributed by atoms with van der Waals surface area (Å²) in [5.41, 5.74) is 7.81. The third kappa shape index (κ3) is 3.73. The van der Waals surface area contributed by atoms with Gasteiger partial charge in [0.15, 0.2) is 0 Å². The number of pyridine rings is 1. The molecule has 110 valence electrons. The molecule has 4 nitrogen and oxygen atoms in total. The molecule has 1 saturated heterocycles. The summed E-state index contributed by atoms with van der Waals surface area (Å²) in [5.74, 6) is 1.03. The Morgan fingerprint density at radius 3 is 2.57 bits per heavy atom. The Balaban J connectivity index is 1.60. The van der Waals surface area contributed by atoms with Gasteiger partial charge in [0.1, 0.15) is 5.82 Å². The van der Waals surface area contributed by atoms with Gasteiger partial charge in [-0.05, 0) is 24.1 Å². The second kappa shape index (κ2) is 6.59. The van der Waals surface area contributed by atoms with Crippen LogP contribution in [0.2, 0.25) is 0 Å². The molecule has 3 rings (SSSR count). The average molecular weight is 282 g/mol. The molecule has 0 spiro atoms. The first-order valence-electron chi connectivity index (χ1n) is 7.54. The number of nitrogen functional groups attached to an aromatic ring is 1. The van der Waals surface area contributed by atoms with Crippen LogP contribution in [0.1, 0.15) is 12.0 Å². The van der Waals surface area contributed by atoms with Crippen molar-refractivity contribution >= 4 is 11.5 Å². The molecule has 0 bridgehead atoms. The molecule has 0 aliphatic carbocycles. The van der Waals surface area contributed by atoms with Crippen LogP contribution in [0, 0.1) is 0 Å². The second-order valence-corrected chi connectivity index (χ2v) is 5.55. The smallest absolute Gasteiger partial charge is 0.128 e. The Hall–Kier alpha value is -2.07. The van der Waals surface area contributed by atoms with Gasteiger partial charge in [0.25, 0.3) is 0 Å². The monoisotopic (exact) mass is 282 g/mol. The summed E-state index contributed by atoms with van der Waals surface area (Å²) < 4.78 is 0. The molecular formula is C17H22N4. The Morgan fingerprint density at radius 1 is 0.952 bits per heavy atom. The molecular weight excluding hydrogens is 260 g/mol. The molecule has 2 N–H and O–H groups in total. The molecule has 2 heterocycles. The van der Waals surface area contributed by atoms with Crippen molar-refractivity contribution < 1.29 is 0 Å². The highest BCUT2D eigenvalue weighted by Crippen LogP contribution is 2.16. The molecule has 0 unspecified atom stereocenters. The van der Waals surface area contributed by atoms with E-state index >= 15 is 0 Å². The predicted octanol–water partition coefficient (Wildman–Crippen LogP) is 2.38. The fourth-order valence-electron chi connectivity index (χ4n) is 2.78. The van der Waals surface area contributed by atoms with Gasteiger partial charge in [0.2, 0.25) is 0 Å². The van der Waals surface area contributed by atoms with Crippen molar-refractivity contribution in [1.82, 2.24) is 9.88 Å². The van der Waals surface area contributed by atoms with Gasteiger partial charge in [0.05, 0.1) is 11.9 Å². The van der Waals surface area contributed by atoms with Crippen molar-refractivity contribution in [3.8, 4) is 0 Å². The maximum absolute atomic E-state index is 5.71. The summed E-state index contributed by atoms with van der Waals surface area (Å²) in [6.07, 6.45) is 2.90. The normalized spacial score (nSPS) is 16.7. The first-order chi connectivity index (χ1) is 10.3. The summed E-state index contributed by atoms with van der Waals surface area (Å²) >= 11 is 0. The lowest BCUT2D eigenvalue weighted by atomic mass is 10.2. The van der Waals surface area contributed by atoms with E-state index in [0.717, 1.165) is 44.2 Å². The van der Waals surface area contributed by atoms with Crippen LogP contribution < -0.4 is 10.6 Å². The van der Waals surface area contributed by atoms with Crippen molar-refractivity contribution in [3.63, 3.8) is 0 Å². The summed E-state index contributed by atoms with van der Waals surface area (Å²) in [6, 6.07) is 14.6. The van der Waals surface area contributed by atoms with E-state index < -0.39 is 0 Å². The molecule has 2 aromatic rings. The van der Waals surface area contributed by atoms with Crippen molar-refractivity contribution in [2.24, 2.45) is 0 Å². The number of aromatic nitrogens is 1. The van der Waals surface area contributed by atoms with Gasteiger partial charge in [-0.2, -0.15) is 0 Å². The number of hydrogen-bond acceptors (Lipinski definition) is 4. The van der Waals surface area contributed by atoms with E-state index in [9.17, 15) is 0 Å². The van der Waals surface area contributed by atoms with Gasteiger partial charge in [-0.3, -0.25) is 4.90 Å². The van der Waals surface area contributed by atoms with E-state index in [0.29, 0.717) is 0 Å². The number of benzene rings is 1. The third-order valence-corrected chi connectivity index (χ3v) is 3.93. The summed E-state index contributed by atoms with van der Waals surface area (Å²) in [7, 11) is 0. The molecule has 1 aromatic carbocycles. The van der Waals surface area contributed by atoms with Gasteiger partial charge >= 0.3 is 0 Å². The van der Waals surface area contributed by atoms with Gasteiger partial charge in [0, 0.05) is 32.7 Å². The number of nitrogens with zero attached hydrogens (tertiary/aromatic N) is 3. The maximum atomic E-state index is 5.71. The zero-order chi connectivity index (χ0) is 14.5. The standard InChI is InChI=1S/C17H22N4/c18-16-7-8-17(19-13-16)21-10-4-9-20(11-12-21)14-15-5-2-1-3-6-15/h1-3,5-8,13H,4,9-12,14,18H2. The number of nitrogens with two attached hydrogens (primary N) is 1. The molecule has 1 aliphatic rings. The van der Waals surface area contributed by atoms with E-state index in [4.69, 9.17) is 5.73 Å². The van der Waals surface area contributed by atoms with Crippen LogP contribution in [0.3, 0.4) is 0 Å². The molecule has 0 radical (unpaired) electrons. The molecule has 0 atom stereocenters. The number of rotatable bonds is 3. The van der Waals surface area contributed by atoms with Crippen LogP contribution >= 0.6 is 0 Å². The van der Waals surface area contributed by atoms with Crippen molar-refractivity contribution in [2.45, 2.75) is 13.0 Å². The molecule has 21 heavy (non-hydrogen) atoms. The lowest BCUT2D eigenvalue weighted by Crippen LogP contribution is -2.30. The van der Waals surface area contributed by atoms with Crippen LogP contribution in [0.25, 0.3) is 0 Å². The topological polar surface area (TPSA) is 45.4 Å². The highest BCUT2D eigenvalue weighted by molar-refractivity contribution is 5.45. The van der Waals surface area contributed by atoms with E-state index in [1.807, 2.05) is 12.1 Å². The first kappa shape index (κ1) is 13.9. The third-order valence-electron chi connectivity index (χ3n) is 3.93. The lowest BCUT2D eigenvalue weighted by molar-refractivity contribution is 0.285. The average Bonchev–Trinajstić information content (AvgIpc) is 2.75. The van der Waals surface area contributed by atoms with Crippen molar-refractivity contribution in [3.05, 3.63) is 54.2 Å². The quantitative estimate of drug-likeness (QED) is 0.939. The summed E-state index contributed by atoms with van der Waals surface area (Å²) in [4.78, 5) is 9.31. The first-order valence-corrected chi connectivity index (χ1v) is 7.54. The maximum Gasteiger partial charge on any atom is 0.128 e. The van der Waals surface area contributed by atoms with Gasteiger partial charge in [-0.15, -0.1) is 0 Å². The van der Waals surface area contributed by atoms with E-state index in [1.54, 1.807) is 6.20 Å². The van der Waals surface area contributed by atoms with Crippen LogP contribution in [0.5, 0.6) is 0 Å². The Labute approximate surface area is 126 Å². The molecule has 1 aromatic heterocycles. The fourth-order valence-corrected chi connectivity index (χ4v) is 2.78. The van der Waals surface area contributed by atoms with E-state index in [2.05, 4.69) is 45.1 Å². The Bertz CT molecular complexity index is 553. The van der Waals surface area contributed by atoms with Crippen LogP contribution in [0.15, 0.2) is 48.7 Å². The minimum atomic E-state index is 0.722. The highest BCUT2D eigenvalue weighted by atomic mass is 15.2. The van der Waals surface area contributed by atoms with Crippen molar-refractivity contribution in [1.29, 1.82) is 0 Å². The summed E-state index contributed by atoms with van der Waals surface area (Å²) in [6.45, 7) is 5.32. The Kier molecular flexibility index (Phi) is 4.36. The van der Waals surface area contributed by atoms with E-state index in [-0.39, 0.29) is 0 Å². The van der Waals surface area contributed by atoms with E-state index in [1.165, 1.54) is 12.0 Å². The van der Waals surface area contributed by atoms with Crippen LogP contribution in [0.4, 0.5) is 11.5 Å². The molecule has 1 fully saturated rings. The highest BCUT2D eigenvalue weighted by Gasteiger charge is 2.15. The largest absolute Gasteiger partial charge is 0.397 e. The van der Waals surface area contributed by atoms with Gasteiger partial charge in [-0.25, -0.2) is 4.98 Å². The molecule has 1 aliphatic heterocycles. The zero-order valence-corrected chi connectivity index (χ0v) is 12.3. The number of hydrogen-bond donors (Lipinski definition) is 1. The van der Waals surface area contributed by atoms with Crippen LogP contribution in [-0.4, -0.2) is 36.1 Å². The second-order valence-electron chi connectivity index (χ2n) is 5.55. The minimum Gasteiger partial charge on any atom is -0.397 e. The number of anilines is 2. The Morgan fingerprint density at radius 2 is 1.81 bits per heavy atom. The van der Waals surface area contributed by atoms with Gasteiger partial charge < -0.3 is 10.6 Å². The van der Waals surface area contributed by atoms with Crippen LogP contribution in [-0.2, 0) is 6.54 Å². The fraction of sp³-hybridized carbons (Fsp3) is 0.353. The van der Waals surface area contributed by atoms with Gasteiger partial charge in [-0.1, -0.05) is 30.3 Å². The molecule has 0 saturated carbocycles. The zero-order valence-electron chi connectivity index (χ0n) is 12.3. The predicted molar refractivity (Wildman–Crippen MR) is 87.2 cm³/mol. The van der Waals surface area contributed by atoms with Crippen molar-refractivity contribution in [2.75, 3.05) is 36.8 Å². The minimum absolute atomic E-state index is 0.722. The molecule has 0 amide bonds.